The molecule has 2 rings (SSSR count). The van der Waals surface area contributed by atoms with Crippen molar-refractivity contribution < 1.29 is 9.53 Å². The Labute approximate surface area is 122 Å². The van der Waals surface area contributed by atoms with Gasteiger partial charge in [0.05, 0.1) is 6.61 Å². The Morgan fingerprint density at radius 2 is 1.57 bits per heavy atom. The Bertz CT molecular complexity index is 647. The Hall–Kier alpha value is -3.00. The highest BCUT2D eigenvalue weighted by Crippen LogP contribution is 2.26. The van der Waals surface area contributed by atoms with Gasteiger partial charge in [-0.15, -0.1) is 0 Å². The number of esters is 1. The van der Waals surface area contributed by atoms with Crippen LogP contribution in [0.4, 0.5) is 0 Å². The molecule has 0 radical (unpaired) electrons. The van der Waals surface area contributed by atoms with Crippen LogP contribution in [0.3, 0.4) is 0 Å². The molecule has 21 heavy (non-hydrogen) atoms. The van der Waals surface area contributed by atoms with Gasteiger partial charge in [-0.1, -0.05) is 0 Å². The predicted octanol–water partition coefficient (Wildman–Crippen LogP) is 2.37. The monoisotopic (exact) mass is 279 g/mol. The van der Waals surface area contributed by atoms with Crippen molar-refractivity contribution in [3.63, 3.8) is 0 Å². The summed E-state index contributed by atoms with van der Waals surface area (Å²) in [7, 11) is 0. The summed E-state index contributed by atoms with van der Waals surface area (Å²) in [6.07, 6.45) is 6.43. The maximum absolute atomic E-state index is 12.0. The zero-order valence-corrected chi connectivity index (χ0v) is 11.5. The van der Waals surface area contributed by atoms with Crippen LogP contribution >= 0.6 is 0 Å². The van der Waals surface area contributed by atoms with Crippen LogP contribution in [0.15, 0.2) is 54.6 Å². The minimum absolute atomic E-state index is 0.0331. The summed E-state index contributed by atoms with van der Waals surface area (Å²) >= 11 is 0. The normalized spacial score (nSPS) is 9.52. The van der Waals surface area contributed by atoms with Crippen LogP contribution in [0.25, 0.3) is 5.57 Å². The minimum atomic E-state index is -0.636. The quantitative estimate of drug-likeness (QED) is 0.488. The molecule has 0 spiro atoms. The third kappa shape index (κ3) is 3.31. The molecule has 104 valence electrons. The van der Waals surface area contributed by atoms with E-state index in [1.807, 2.05) is 6.07 Å². The van der Waals surface area contributed by atoms with Gasteiger partial charge in [-0.2, -0.15) is 5.26 Å². The summed E-state index contributed by atoms with van der Waals surface area (Å²) in [6.45, 7) is 1.91. The van der Waals surface area contributed by atoms with Crippen molar-refractivity contribution in [1.82, 2.24) is 9.97 Å². The molecular formula is C16H13N3O2. The maximum Gasteiger partial charge on any atom is 0.349 e. The van der Waals surface area contributed by atoms with Crippen molar-refractivity contribution in [2.75, 3.05) is 6.61 Å². The molecule has 0 aliphatic heterocycles. The van der Waals surface area contributed by atoms with E-state index in [1.54, 1.807) is 56.0 Å². The molecule has 0 aromatic carbocycles. The van der Waals surface area contributed by atoms with E-state index < -0.39 is 5.97 Å². The summed E-state index contributed by atoms with van der Waals surface area (Å²) in [6, 6.07) is 8.92. The lowest BCUT2D eigenvalue weighted by Crippen LogP contribution is -2.09. The summed E-state index contributed by atoms with van der Waals surface area (Å²) in [5.74, 6) is -0.636. The molecule has 5 nitrogen and oxygen atoms in total. The van der Waals surface area contributed by atoms with E-state index in [0.717, 1.165) is 11.1 Å². The zero-order valence-electron chi connectivity index (χ0n) is 11.5. The van der Waals surface area contributed by atoms with Crippen molar-refractivity contribution in [2.24, 2.45) is 0 Å². The fraction of sp³-hybridized carbons (Fsp3) is 0.125. The number of pyridine rings is 2. The number of aromatic nitrogens is 2. The van der Waals surface area contributed by atoms with Crippen LogP contribution in [0.1, 0.15) is 18.1 Å². The number of carbonyl (C=O) groups excluding carboxylic acids is 1. The Balaban J connectivity index is 2.66. The van der Waals surface area contributed by atoms with E-state index in [4.69, 9.17) is 4.74 Å². The Morgan fingerprint density at radius 1 is 1.10 bits per heavy atom. The van der Waals surface area contributed by atoms with Crippen molar-refractivity contribution >= 4 is 11.5 Å². The second-order valence-electron chi connectivity index (χ2n) is 4.05. The third-order valence-corrected chi connectivity index (χ3v) is 2.78. The smallest absolute Gasteiger partial charge is 0.349 e. The zero-order chi connectivity index (χ0) is 15.1. The molecule has 0 aliphatic carbocycles. The second-order valence-corrected chi connectivity index (χ2v) is 4.05. The van der Waals surface area contributed by atoms with Crippen molar-refractivity contribution in [3.05, 3.63) is 65.8 Å². The molecule has 2 heterocycles. The topological polar surface area (TPSA) is 75.9 Å². The number of rotatable bonds is 4. The van der Waals surface area contributed by atoms with E-state index in [1.165, 1.54) is 0 Å². The van der Waals surface area contributed by atoms with Gasteiger partial charge < -0.3 is 4.74 Å². The van der Waals surface area contributed by atoms with Crippen LogP contribution in [0.2, 0.25) is 0 Å². The number of ether oxygens (including phenoxy) is 1. The first-order chi connectivity index (χ1) is 10.3. The average Bonchev–Trinajstić information content (AvgIpc) is 2.54. The summed E-state index contributed by atoms with van der Waals surface area (Å²) < 4.78 is 4.97. The lowest BCUT2D eigenvalue weighted by atomic mass is 9.95. The van der Waals surface area contributed by atoms with Crippen LogP contribution in [-0.2, 0) is 9.53 Å². The van der Waals surface area contributed by atoms with Crippen molar-refractivity contribution in [2.45, 2.75) is 6.92 Å². The highest BCUT2D eigenvalue weighted by atomic mass is 16.5. The first-order valence-corrected chi connectivity index (χ1v) is 6.40. The molecule has 0 N–H and O–H groups in total. The summed E-state index contributed by atoms with van der Waals surface area (Å²) in [4.78, 5) is 19.9. The highest BCUT2D eigenvalue weighted by molar-refractivity contribution is 6.05. The number of nitriles is 1. The van der Waals surface area contributed by atoms with Gasteiger partial charge in [-0.25, -0.2) is 4.79 Å². The van der Waals surface area contributed by atoms with Crippen molar-refractivity contribution in [1.29, 1.82) is 5.26 Å². The molecule has 5 heteroatoms. The van der Waals surface area contributed by atoms with E-state index in [9.17, 15) is 10.1 Å². The third-order valence-electron chi connectivity index (χ3n) is 2.78. The van der Waals surface area contributed by atoms with Crippen LogP contribution in [-0.4, -0.2) is 22.5 Å². The van der Waals surface area contributed by atoms with Crippen molar-refractivity contribution in [3.8, 4) is 6.07 Å². The van der Waals surface area contributed by atoms with Gasteiger partial charge in [0.25, 0.3) is 0 Å². The lowest BCUT2D eigenvalue weighted by molar-refractivity contribution is -0.137. The van der Waals surface area contributed by atoms with Gasteiger partial charge in [-0.3, -0.25) is 9.97 Å². The molecule has 0 saturated carbocycles. The minimum Gasteiger partial charge on any atom is -0.462 e. The molecule has 0 aliphatic rings. The van der Waals surface area contributed by atoms with Gasteiger partial charge in [0.2, 0.25) is 0 Å². The molecule has 0 amide bonds. The largest absolute Gasteiger partial charge is 0.462 e. The van der Waals surface area contributed by atoms with E-state index in [2.05, 4.69) is 9.97 Å². The van der Waals surface area contributed by atoms with E-state index in [-0.39, 0.29) is 12.2 Å². The molecule has 0 saturated heterocycles. The fourth-order valence-electron chi connectivity index (χ4n) is 1.90. The standard InChI is InChI=1S/C16H13N3O2/c1-2-21-16(20)14(11-17)15(12-3-7-18-8-4-12)13-5-9-19-10-6-13/h3-10H,2H2,1H3. The highest BCUT2D eigenvalue weighted by Gasteiger charge is 2.19. The number of hydrogen-bond donors (Lipinski definition) is 0. The molecule has 0 bridgehead atoms. The first kappa shape index (κ1) is 14.4. The van der Waals surface area contributed by atoms with Crippen LogP contribution in [0.5, 0.6) is 0 Å². The Kier molecular flexibility index (Phi) is 4.78. The maximum atomic E-state index is 12.0. The van der Waals surface area contributed by atoms with Gasteiger partial charge in [0, 0.05) is 30.4 Å². The van der Waals surface area contributed by atoms with Gasteiger partial charge in [0.15, 0.2) is 0 Å². The summed E-state index contributed by atoms with van der Waals surface area (Å²) in [5.41, 5.74) is 1.93. The van der Waals surface area contributed by atoms with Crippen LogP contribution in [0, 0.1) is 11.3 Å². The lowest BCUT2D eigenvalue weighted by Gasteiger charge is -2.10. The molecule has 2 aromatic rings. The average molecular weight is 279 g/mol. The number of nitrogens with zero attached hydrogens (tertiary/aromatic N) is 3. The van der Waals surface area contributed by atoms with Crippen LogP contribution < -0.4 is 0 Å². The Morgan fingerprint density at radius 3 is 1.95 bits per heavy atom. The van der Waals surface area contributed by atoms with E-state index >= 15 is 0 Å². The molecular weight excluding hydrogens is 266 g/mol. The molecule has 0 fully saturated rings. The second kappa shape index (κ2) is 6.96. The van der Waals surface area contributed by atoms with Gasteiger partial charge in [0.1, 0.15) is 11.6 Å². The molecule has 0 unspecified atom stereocenters. The van der Waals surface area contributed by atoms with Gasteiger partial charge >= 0.3 is 5.97 Å². The molecule has 0 atom stereocenters. The number of hydrogen-bond acceptors (Lipinski definition) is 5. The summed E-state index contributed by atoms with van der Waals surface area (Å²) in [5, 5.41) is 9.38. The molecule has 2 aromatic heterocycles. The van der Waals surface area contributed by atoms with E-state index in [0.29, 0.717) is 5.57 Å². The van der Waals surface area contributed by atoms with Gasteiger partial charge in [-0.05, 0) is 42.3 Å². The SMILES string of the molecule is CCOC(=O)C(C#N)=C(c1ccncc1)c1ccncc1. The fourth-order valence-corrected chi connectivity index (χ4v) is 1.90. The first-order valence-electron chi connectivity index (χ1n) is 6.40. The predicted molar refractivity (Wildman–Crippen MR) is 76.7 cm³/mol. The number of carbonyl (C=O) groups is 1.